The van der Waals surface area contributed by atoms with Crippen molar-refractivity contribution >= 4 is 0 Å². The van der Waals surface area contributed by atoms with Gasteiger partial charge in [0.2, 0.25) is 0 Å². The molecule has 0 spiro atoms. The molecule has 3 rings (SSSR count). The van der Waals surface area contributed by atoms with Crippen LogP contribution in [0.3, 0.4) is 0 Å². The van der Waals surface area contributed by atoms with Gasteiger partial charge in [0.05, 0.1) is 11.9 Å². The summed E-state index contributed by atoms with van der Waals surface area (Å²) in [7, 11) is 0. The molecule has 0 aromatic carbocycles. The first kappa shape index (κ1) is 11.2. The summed E-state index contributed by atoms with van der Waals surface area (Å²) in [5, 5.41) is 0. The molecule has 2 N–H and O–H groups in total. The van der Waals surface area contributed by atoms with Crippen LogP contribution in [0, 0.1) is 5.92 Å². The largest absolute Gasteiger partial charge is 0.381 e. The Kier molecular flexibility index (Phi) is 3.16. The number of ether oxygens (including phenoxy) is 1. The predicted molar refractivity (Wildman–Crippen MR) is 65.6 cm³/mol. The summed E-state index contributed by atoms with van der Waals surface area (Å²) >= 11 is 0. The van der Waals surface area contributed by atoms with E-state index >= 15 is 0 Å². The van der Waals surface area contributed by atoms with E-state index in [0.717, 1.165) is 38.4 Å². The summed E-state index contributed by atoms with van der Waals surface area (Å²) in [5.74, 6) is 1.93. The Morgan fingerprint density at radius 1 is 1.35 bits per heavy atom. The smallest absolute Gasteiger partial charge is 0.110 e. The topological polar surface area (TPSA) is 53.1 Å². The first-order valence-corrected chi connectivity index (χ1v) is 6.73. The number of rotatable bonds is 2. The SMILES string of the molecule is NC1CCCc2nc(CC3CCOCC3)cn21. The molecule has 0 radical (unpaired) electrons. The molecule has 1 unspecified atom stereocenters. The van der Waals surface area contributed by atoms with E-state index in [1.54, 1.807) is 0 Å². The molecule has 4 heteroatoms. The molecule has 0 aliphatic carbocycles. The quantitative estimate of drug-likeness (QED) is 0.848. The first-order valence-electron chi connectivity index (χ1n) is 6.73. The third-order valence-corrected chi connectivity index (χ3v) is 3.96. The summed E-state index contributed by atoms with van der Waals surface area (Å²) < 4.78 is 7.57. The van der Waals surface area contributed by atoms with Gasteiger partial charge in [0.15, 0.2) is 0 Å². The lowest BCUT2D eigenvalue weighted by Crippen LogP contribution is -2.24. The zero-order valence-corrected chi connectivity index (χ0v) is 10.3. The number of nitrogens with zero attached hydrogens (tertiary/aromatic N) is 2. The van der Waals surface area contributed by atoms with E-state index < -0.39 is 0 Å². The van der Waals surface area contributed by atoms with Crippen molar-refractivity contribution in [3.8, 4) is 0 Å². The Hall–Kier alpha value is -0.870. The van der Waals surface area contributed by atoms with Crippen LogP contribution >= 0.6 is 0 Å². The zero-order chi connectivity index (χ0) is 11.7. The van der Waals surface area contributed by atoms with E-state index in [4.69, 9.17) is 15.5 Å². The number of hydrogen-bond donors (Lipinski definition) is 1. The number of imidazole rings is 1. The summed E-state index contributed by atoms with van der Waals surface area (Å²) in [4.78, 5) is 4.74. The number of aromatic nitrogens is 2. The maximum atomic E-state index is 6.10. The lowest BCUT2D eigenvalue weighted by molar-refractivity contribution is 0.0663. The number of hydrogen-bond acceptors (Lipinski definition) is 3. The van der Waals surface area contributed by atoms with Crippen LogP contribution in [-0.2, 0) is 17.6 Å². The molecule has 1 aromatic heterocycles. The number of aryl methyl sites for hydroxylation is 1. The van der Waals surface area contributed by atoms with Crippen LogP contribution in [-0.4, -0.2) is 22.8 Å². The van der Waals surface area contributed by atoms with Gasteiger partial charge in [-0.2, -0.15) is 0 Å². The minimum atomic E-state index is 0.148. The van der Waals surface area contributed by atoms with Crippen molar-refractivity contribution < 1.29 is 4.74 Å². The molecule has 2 aliphatic heterocycles. The Morgan fingerprint density at radius 2 is 2.18 bits per heavy atom. The van der Waals surface area contributed by atoms with Crippen LogP contribution in [0.5, 0.6) is 0 Å². The summed E-state index contributed by atoms with van der Waals surface area (Å²) in [6.07, 6.45) is 9.11. The van der Waals surface area contributed by atoms with Crippen molar-refractivity contribution in [2.24, 2.45) is 11.7 Å². The van der Waals surface area contributed by atoms with Gasteiger partial charge in [-0.25, -0.2) is 4.98 Å². The number of fused-ring (bicyclic) bond motifs is 1. The molecule has 0 amide bonds. The fourth-order valence-corrected chi connectivity index (χ4v) is 2.91. The molecule has 1 fully saturated rings. The van der Waals surface area contributed by atoms with Gasteiger partial charge < -0.3 is 15.0 Å². The Morgan fingerprint density at radius 3 is 2.94 bits per heavy atom. The Balaban J connectivity index is 1.71. The molecular weight excluding hydrogens is 214 g/mol. The van der Waals surface area contributed by atoms with E-state index in [0.29, 0.717) is 0 Å². The van der Waals surface area contributed by atoms with E-state index in [1.807, 2.05) is 0 Å². The van der Waals surface area contributed by atoms with Gasteiger partial charge in [-0.05, 0) is 38.0 Å². The average molecular weight is 235 g/mol. The highest BCUT2D eigenvalue weighted by Crippen LogP contribution is 2.24. The van der Waals surface area contributed by atoms with Crippen molar-refractivity contribution in [2.45, 2.75) is 44.7 Å². The second-order valence-electron chi connectivity index (χ2n) is 5.28. The monoisotopic (exact) mass is 235 g/mol. The molecule has 4 nitrogen and oxygen atoms in total. The van der Waals surface area contributed by atoms with Gasteiger partial charge >= 0.3 is 0 Å². The molecule has 1 aromatic rings. The van der Waals surface area contributed by atoms with Crippen LogP contribution < -0.4 is 5.73 Å². The zero-order valence-electron chi connectivity index (χ0n) is 10.3. The average Bonchev–Trinajstić information content (AvgIpc) is 2.74. The minimum Gasteiger partial charge on any atom is -0.381 e. The summed E-state index contributed by atoms with van der Waals surface area (Å²) in [5.41, 5.74) is 7.32. The third-order valence-electron chi connectivity index (χ3n) is 3.96. The predicted octanol–water partition coefficient (Wildman–Crippen LogP) is 1.65. The van der Waals surface area contributed by atoms with Crippen molar-refractivity contribution in [3.05, 3.63) is 17.7 Å². The van der Waals surface area contributed by atoms with Gasteiger partial charge in [0, 0.05) is 25.8 Å². The van der Waals surface area contributed by atoms with Gasteiger partial charge in [0.25, 0.3) is 0 Å². The molecular formula is C13H21N3O. The first-order chi connectivity index (χ1) is 8.33. The highest BCUT2D eigenvalue weighted by molar-refractivity contribution is 5.08. The normalized spacial score (nSPS) is 25.8. The fourth-order valence-electron chi connectivity index (χ4n) is 2.91. The lowest BCUT2D eigenvalue weighted by atomic mass is 9.95. The van der Waals surface area contributed by atoms with E-state index in [-0.39, 0.29) is 6.17 Å². The molecule has 2 aliphatic rings. The van der Waals surface area contributed by atoms with Crippen LogP contribution in [0.4, 0.5) is 0 Å². The minimum absolute atomic E-state index is 0.148. The summed E-state index contributed by atoms with van der Waals surface area (Å²) in [6, 6.07) is 0. The van der Waals surface area contributed by atoms with Crippen LogP contribution in [0.15, 0.2) is 6.20 Å². The Labute approximate surface area is 102 Å². The van der Waals surface area contributed by atoms with Gasteiger partial charge in [-0.3, -0.25) is 0 Å². The molecule has 3 heterocycles. The highest BCUT2D eigenvalue weighted by Gasteiger charge is 2.21. The van der Waals surface area contributed by atoms with Gasteiger partial charge in [0.1, 0.15) is 5.82 Å². The van der Waals surface area contributed by atoms with E-state index in [9.17, 15) is 0 Å². The van der Waals surface area contributed by atoms with E-state index in [2.05, 4.69) is 10.8 Å². The Bertz CT molecular complexity index is 382. The van der Waals surface area contributed by atoms with Crippen LogP contribution in [0.2, 0.25) is 0 Å². The second-order valence-corrected chi connectivity index (χ2v) is 5.28. The molecule has 94 valence electrons. The van der Waals surface area contributed by atoms with Crippen molar-refractivity contribution in [1.29, 1.82) is 0 Å². The molecule has 17 heavy (non-hydrogen) atoms. The number of nitrogens with two attached hydrogens (primary N) is 1. The van der Waals surface area contributed by atoms with Crippen molar-refractivity contribution in [1.82, 2.24) is 9.55 Å². The van der Waals surface area contributed by atoms with Crippen LogP contribution in [0.1, 0.15) is 43.4 Å². The molecule has 1 saturated heterocycles. The second kappa shape index (κ2) is 4.78. The fraction of sp³-hybridized carbons (Fsp3) is 0.769. The third kappa shape index (κ3) is 2.38. The standard InChI is InChI=1S/C13H21N3O/c14-12-2-1-3-13-15-11(9-16(12)13)8-10-4-6-17-7-5-10/h9-10,12H,1-8,14H2. The maximum Gasteiger partial charge on any atom is 0.110 e. The van der Waals surface area contributed by atoms with Gasteiger partial charge in [-0.1, -0.05) is 0 Å². The van der Waals surface area contributed by atoms with E-state index in [1.165, 1.54) is 30.8 Å². The molecule has 0 saturated carbocycles. The molecule has 1 atom stereocenters. The lowest BCUT2D eigenvalue weighted by Gasteiger charge is -2.21. The van der Waals surface area contributed by atoms with Crippen LogP contribution in [0.25, 0.3) is 0 Å². The summed E-state index contributed by atoms with van der Waals surface area (Å²) in [6.45, 7) is 1.83. The van der Waals surface area contributed by atoms with Crippen molar-refractivity contribution in [3.63, 3.8) is 0 Å². The van der Waals surface area contributed by atoms with Crippen molar-refractivity contribution in [2.75, 3.05) is 13.2 Å². The van der Waals surface area contributed by atoms with Gasteiger partial charge in [-0.15, -0.1) is 0 Å². The highest BCUT2D eigenvalue weighted by atomic mass is 16.5. The maximum absolute atomic E-state index is 6.10. The molecule has 0 bridgehead atoms.